The van der Waals surface area contributed by atoms with E-state index in [4.69, 9.17) is 19.3 Å². The van der Waals surface area contributed by atoms with Gasteiger partial charge in [-0.3, -0.25) is 14.4 Å². The van der Waals surface area contributed by atoms with Gasteiger partial charge in [-0.1, -0.05) is 30.3 Å². The van der Waals surface area contributed by atoms with Gasteiger partial charge in [-0.05, 0) is 19.4 Å². The Morgan fingerprint density at radius 2 is 1.74 bits per heavy atom. The van der Waals surface area contributed by atoms with E-state index in [1.54, 1.807) is 37.3 Å². The Kier molecular flexibility index (Phi) is 8.44. The molecular weight excluding hydrogens is 356 g/mol. The summed E-state index contributed by atoms with van der Waals surface area (Å²) >= 11 is 0. The summed E-state index contributed by atoms with van der Waals surface area (Å²) in [6.45, 7) is 3.13. The van der Waals surface area contributed by atoms with Crippen molar-refractivity contribution in [1.82, 2.24) is 0 Å². The molecule has 0 saturated heterocycles. The van der Waals surface area contributed by atoms with Crippen molar-refractivity contribution in [2.45, 2.75) is 44.6 Å². The summed E-state index contributed by atoms with van der Waals surface area (Å²) in [4.78, 5) is 47.3. The molecule has 0 saturated carbocycles. The molecule has 2 atom stereocenters. The van der Waals surface area contributed by atoms with Crippen molar-refractivity contribution in [3.63, 3.8) is 0 Å². The van der Waals surface area contributed by atoms with Crippen molar-refractivity contribution in [2.24, 2.45) is 0 Å². The third-order valence-corrected chi connectivity index (χ3v) is 3.87. The van der Waals surface area contributed by atoms with Crippen LogP contribution in [0.25, 0.3) is 0 Å². The molecule has 0 aliphatic rings. The Morgan fingerprint density at radius 3 is 2.26 bits per heavy atom. The van der Waals surface area contributed by atoms with Gasteiger partial charge in [-0.25, -0.2) is 4.79 Å². The zero-order chi connectivity index (χ0) is 20.4. The van der Waals surface area contributed by atoms with E-state index in [1.165, 1.54) is 6.92 Å². The van der Waals surface area contributed by atoms with Crippen LogP contribution in [-0.4, -0.2) is 48.3 Å². The summed E-state index contributed by atoms with van der Waals surface area (Å²) in [6.07, 6.45) is -1.05. The smallest absolute Gasteiger partial charge is 0.350 e. The van der Waals surface area contributed by atoms with Crippen LogP contribution in [0.3, 0.4) is 0 Å². The summed E-state index contributed by atoms with van der Waals surface area (Å²) in [7, 11) is 1.13. The Bertz CT molecular complexity index is 670. The maximum absolute atomic E-state index is 12.4. The summed E-state index contributed by atoms with van der Waals surface area (Å²) in [5.41, 5.74) is -1.19. The topological polar surface area (TPSA) is 116 Å². The number of rotatable bonds is 10. The summed E-state index contributed by atoms with van der Waals surface area (Å²) < 4.78 is 15.1. The molecule has 0 heterocycles. The zero-order valence-electron chi connectivity index (χ0n) is 15.6. The minimum absolute atomic E-state index is 0.148. The van der Waals surface area contributed by atoms with E-state index >= 15 is 0 Å². The molecule has 0 fully saturated rings. The molecule has 0 aliphatic heterocycles. The minimum Gasteiger partial charge on any atom is -0.481 e. The van der Waals surface area contributed by atoms with Gasteiger partial charge in [0.05, 0.1) is 32.5 Å². The van der Waals surface area contributed by atoms with E-state index in [9.17, 15) is 19.2 Å². The highest BCUT2D eigenvalue weighted by molar-refractivity contribution is 5.86. The number of carbonyl (C=O) groups is 4. The molecule has 8 heteroatoms. The Morgan fingerprint density at radius 1 is 1.11 bits per heavy atom. The predicted octanol–water partition coefficient (Wildman–Crippen LogP) is 2.06. The lowest BCUT2D eigenvalue weighted by atomic mass is 9.86. The van der Waals surface area contributed by atoms with E-state index in [0.717, 1.165) is 7.11 Å². The third-order valence-electron chi connectivity index (χ3n) is 3.87. The lowest BCUT2D eigenvalue weighted by Crippen LogP contribution is -2.44. The van der Waals surface area contributed by atoms with Crippen molar-refractivity contribution in [1.29, 1.82) is 0 Å². The van der Waals surface area contributed by atoms with Crippen LogP contribution in [-0.2, 0) is 33.4 Å². The number of carboxylic acid groups (broad SMARTS) is 1. The van der Waals surface area contributed by atoms with E-state index in [1.807, 2.05) is 0 Å². The first-order valence-electron chi connectivity index (χ1n) is 8.47. The predicted molar refractivity (Wildman–Crippen MR) is 93.8 cm³/mol. The quantitative estimate of drug-likeness (QED) is 0.484. The number of benzene rings is 1. The Balaban J connectivity index is 3.11. The molecular formula is C19H24O8. The van der Waals surface area contributed by atoms with E-state index in [0.29, 0.717) is 5.56 Å². The number of ether oxygens (including phenoxy) is 3. The van der Waals surface area contributed by atoms with Gasteiger partial charge < -0.3 is 19.3 Å². The van der Waals surface area contributed by atoms with E-state index in [-0.39, 0.29) is 13.0 Å². The van der Waals surface area contributed by atoms with Crippen LogP contribution in [0.1, 0.15) is 44.6 Å². The van der Waals surface area contributed by atoms with Gasteiger partial charge >= 0.3 is 23.9 Å². The first kappa shape index (κ1) is 22.1. The molecule has 0 radical (unpaired) electrons. The van der Waals surface area contributed by atoms with Crippen LogP contribution >= 0.6 is 0 Å². The highest BCUT2D eigenvalue weighted by Crippen LogP contribution is 2.31. The second-order valence-electron chi connectivity index (χ2n) is 6.01. The van der Waals surface area contributed by atoms with Gasteiger partial charge in [0.15, 0.2) is 0 Å². The average Bonchev–Trinajstić information content (AvgIpc) is 2.64. The molecule has 0 amide bonds. The molecule has 0 bridgehead atoms. The van der Waals surface area contributed by atoms with Gasteiger partial charge in [0.2, 0.25) is 5.60 Å². The maximum atomic E-state index is 12.4. The second-order valence-corrected chi connectivity index (χ2v) is 6.01. The monoisotopic (exact) mass is 380 g/mol. The molecule has 0 spiro atoms. The fraction of sp³-hybridized carbons (Fsp3) is 0.474. The first-order valence-corrected chi connectivity index (χ1v) is 8.47. The molecule has 0 aromatic heterocycles. The van der Waals surface area contributed by atoms with Crippen LogP contribution in [0.15, 0.2) is 30.3 Å². The fourth-order valence-electron chi connectivity index (χ4n) is 2.55. The average molecular weight is 380 g/mol. The molecule has 0 aliphatic carbocycles. The summed E-state index contributed by atoms with van der Waals surface area (Å²) in [6, 6.07) is 8.64. The molecule has 1 rings (SSSR count). The lowest BCUT2D eigenvalue weighted by Gasteiger charge is -2.30. The SMILES string of the molecule is CCOC(=O)C(CC(C)(OC(=O)CCC(=O)O)C(=O)OC)c1ccccc1. The van der Waals surface area contributed by atoms with Crippen molar-refractivity contribution in [2.75, 3.05) is 13.7 Å². The Labute approximate surface area is 157 Å². The van der Waals surface area contributed by atoms with E-state index in [2.05, 4.69) is 0 Å². The van der Waals surface area contributed by atoms with Gasteiger partial charge in [-0.15, -0.1) is 0 Å². The number of aliphatic carboxylic acids is 1. The number of carboxylic acids is 1. The van der Waals surface area contributed by atoms with Gasteiger partial charge in [0.1, 0.15) is 0 Å². The third kappa shape index (κ3) is 6.73. The van der Waals surface area contributed by atoms with Crippen molar-refractivity contribution in [3.8, 4) is 0 Å². The summed E-state index contributed by atoms with van der Waals surface area (Å²) in [5.74, 6) is -4.33. The lowest BCUT2D eigenvalue weighted by molar-refractivity contribution is -0.181. The fourth-order valence-corrected chi connectivity index (χ4v) is 2.55. The van der Waals surface area contributed by atoms with Crippen LogP contribution in [0.5, 0.6) is 0 Å². The number of carbonyl (C=O) groups excluding carboxylic acids is 3. The Hall–Kier alpha value is -2.90. The normalized spacial score (nSPS) is 13.7. The van der Waals surface area contributed by atoms with Crippen molar-refractivity contribution >= 4 is 23.9 Å². The minimum atomic E-state index is -1.78. The van der Waals surface area contributed by atoms with Gasteiger partial charge in [-0.2, -0.15) is 0 Å². The molecule has 148 valence electrons. The number of esters is 3. The maximum Gasteiger partial charge on any atom is 0.350 e. The highest BCUT2D eigenvalue weighted by Gasteiger charge is 2.43. The largest absolute Gasteiger partial charge is 0.481 e. The number of methoxy groups -OCH3 is 1. The second kappa shape index (κ2) is 10.3. The van der Waals surface area contributed by atoms with Gasteiger partial charge in [0, 0.05) is 6.42 Å². The van der Waals surface area contributed by atoms with Crippen LogP contribution in [0, 0.1) is 0 Å². The molecule has 27 heavy (non-hydrogen) atoms. The number of hydrogen-bond acceptors (Lipinski definition) is 7. The van der Waals surface area contributed by atoms with Crippen LogP contribution in [0.2, 0.25) is 0 Å². The van der Waals surface area contributed by atoms with Crippen LogP contribution in [0.4, 0.5) is 0 Å². The first-order chi connectivity index (χ1) is 12.7. The van der Waals surface area contributed by atoms with E-state index < -0.39 is 48.2 Å². The van der Waals surface area contributed by atoms with Crippen LogP contribution < -0.4 is 0 Å². The molecule has 1 aromatic rings. The highest BCUT2D eigenvalue weighted by atomic mass is 16.6. The van der Waals surface area contributed by atoms with Crippen molar-refractivity contribution < 1.29 is 38.5 Å². The molecule has 1 N–H and O–H groups in total. The summed E-state index contributed by atoms with van der Waals surface area (Å²) in [5, 5.41) is 8.68. The van der Waals surface area contributed by atoms with Gasteiger partial charge in [0.25, 0.3) is 0 Å². The zero-order valence-corrected chi connectivity index (χ0v) is 15.6. The molecule has 1 aromatic carbocycles. The molecule has 2 unspecified atom stereocenters. The molecule has 8 nitrogen and oxygen atoms in total. The van der Waals surface area contributed by atoms with Crippen molar-refractivity contribution in [3.05, 3.63) is 35.9 Å². The standard InChI is InChI=1S/C19H24O8/c1-4-26-17(23)14(13-8-6-5-7-9-13)12-19(2,18(24)25-3)27-16(22)11-10-15(20)21/h5-9,14H,4,10-12H2,1-3H3,(H,20,21). The number of hydrogen-bond donors (Lipinski definition) is 1.